The molecule has 1 saturated heterocycles. The molecule has 0 radical (unpaired) electrons. The van der Waals surface area contributed by atoms with E-state index in [0.717, 1.165) is 22.0 Å². The molecule has 1 aromatic heterocycles. The molecule has 0 N–H and O–H groups in total. The number of rotatable bonds is 3. The van der Waals surface area contributed by atoms with Crippen LogP contribution in [0.2, 0.25) is 0 Å². The quantitative estimate of drug-likeness (QED) is 0.860. The van der Waals surface area contributed by atoms with Crippen LogP contribution in [-0.2, 0) is 11.2 Å². The van der Waals surface area contributed by atoms with Gasteiger partial charge in [0.15, 0.2) is 0 Å². The van der Waals surface area contributed by atoms with Gasteiger partial charge in [0.1, 0.15) is 4.88 Å². The molecular formula is C18H21N3O2S. The molecule has 126 valence electrons. The maximum atomic E-state index is 12.8. The summed E-state index contributed by atoms with van der Waals surface area (Å²) in [6.45, 7) is 5.85. The number of carbonyl (C=O) groups is 2. The SMILES string of the molecule is CC(=O)N1CCN(C(=O)c2sc(Cc3ccccc3)nc2C)CC1. The van der Waals surface area contributed by atoms with Crippen LogP contribution in [0.4, 0.5) is 0 Å². The Morgan fingerprint density at radius 1 is 1.08 bits per heavy atom. The molecule has 2 aromatic rings. The van der Waals surface area contributed by atoms with Crippen LogP contribution in [-0.4, -0.2) is 52.8 Å². The first-order chi connectivity index (χ1) is 11.5. The molecule has 5 nitrogen and oxygen atoms in total. The molecule has 6 heteroatoms. The molecule has 1 aliphatic rings. The number of amides is 2. The molecule has 0 aliphatic carbocycles. The average molecular weight is 343 g/mol. The number of aromatic nitrogens is 1. The second-order valence-electron chi connectivity index (χ2n) is 5.98. The second kappa shape index (κ2) is 7.13. The lowest BCUT2D eigenvalue weighted by Gasteiger charge is -2.34. The number of nitrogens with zero attached hydrogens (tertiary/aromatic N) is 3. The van der Waals surface area contributed by atoms with Crippen molar-refractivity contribution in [1.29, 1.82) is 0 Å². The fraction of sp³-hybridized carbons (Fsp3) is 0.389. The fourth-order valence-corrected chi connectivity index (χ4v) is 3.93. The Morgan fingerprint density at radius 2 is 1.71 bits per heavy atom. The lowest BCUT2D eigenvalue weighted by atomic mass is 10.2. The third-order valence-corrected chi connectivity index (χ3v) is 5.39. The van der Waals surface area contributed by atoms with Crippen molar-refractivity contribution in [3.8, 4) is 0 Å². The molecule has 3 rings (SSSR count). The summed E-state index contributed by atoms with van der Waals surface area (Å²) in [6, 6.07) is 10.2. The van der Waals surface area contributed by atoms with Crippen LogP contribution in [0.25, 0.3) is 0 Å². The summed E-state index contributed by atoms with van der Waals surface area (Å²) in [5, 5.41) is 0.962. The van der Waals surface area contributed by atoms with Gasteiger partial charge >= 0.3 is 0 Å². The van der Waals surface area contributed by atoms with Crippen LogP contribution in [0.5, 0.6) is 0 Å². The summed E-state index contributed by atoms with van der Waals surface area (Å²) in [5.41, 5.74) is 1.99. The van der Waals surface area contributed by atoms with E-state index in [1.165, 1.54) is 16.9 Å². The summed E-state index contributed by atoms with van der Waals surface area (Å²) >= 11 is 1.48. The third kappa shape index (κ3) is 3.64. The van der Waals surface area contributed by atoms with Gasteiger partial charge in [0, 0.05) is 39.5 Å². The Morgan fingerprint density at radius 3 is 2.33 bits per heavy atom. The van der Waals surface area contributed by atoms with Crippen molar-refractivity contribution in [2.75, 3.05) is 26.2 Å². The zero-order chi connectivity index (χ0) is 17.1. The van der Waals surface area contributed by atoms with Gasteiger partial charge in [0.25, 0.3) is 5.91 Å². The van der Waals surface area contributed by atoms with E-state index in [2.05, 4.69) is 17.1 Å². The van der Waals surface area contributed by atoms with Gasteiger partial charge in [0.05, 0.1) is 10.7 Å². The normalized spacial score (nSPS) is 14.8. The Labute approximate surface area is 145 Å². The summed E-state index contributed by atoms with van der Waals surface area (Å²) in [6.07, 6.45) is 0.748. The van der Waals surface area contributed by atoms with Gasteiger partial charge in [0.2, 0.25) is 5.91 Å². The number of hydrogen-bond donors (Lipinski definition) is 0. The zero-order valence-corrected chi connectivity index (χ0v) is 14.8. The Balaban J connectivity index is 1.69. The monoisotopic (exact) mass is 343 g/mol. The van der Waals surface area contributed by atoms with Crippen molar-refractivity contribution in [3.63, 3.8) is 0 Å². The van der Waals surface area contributed by atoms with Gasteiger partial charge in [-0.05, 0) is 12.5 Å². The Kier molecular flexibility index (Phi) is 4.94. The lowest BCUT2D eigenvalue weighted by molar-refractivity contribution is -0.130. The van der Waals surface area contributed by atoms with E-state index in [4.69, 9.17) is 0 Å². The predicted octanol–water partition coefficient (Wildman–Crippen LogP) is 2.35. The predicted molar refractivity (Wildman–Crippen MR) is 94.3 cm³/mol. The van der Waals surface area contributed by atoms with Crippen molar-refractivity contribution < 1.29 is 9.59 Å². The maximum absolute atomic E-state index is 12.8. The second-order valence-corrected chi connectivity index (χ2v) is 7.07. The molecule has 24 heavy (non-hydrogen) atoms. The van der Waals surface area contributed by atoms with Crippen molar-refractivity contribution in [2.24, 2.45) is 0 Å². The molecule has 1 fully saturated rings. The molecule has 0 unspecified atom stereocenters. The average Bonchev–Trinajstić information content (AvgIpc) is 2.95. The first-order valence-electron chi connectivity index (χ1n) is 8.09. The minimum atomic E-state index is 0.0347. The van der Waals surface area contributed by atoms with Crippen LogP contribution < -0.4 is 0 Å². The molecular weight excluding hydrogens is 322 g/mol. The standard InChI is InChI=1S/C18H21N3O2S/c1-13-17(18(23)21-10-8-20(9-11-21)14(2)22)24-16(19-13)12-15-6-4-3-5-7-15/h3-7H,8-12H2,1-2H3. The minimum Gasteiger partial charge on any atom is -0.339 e. The van der Waals surface area contributed by atoms with Gasteiger partial charge in [-0.1, -0.05) is 30.3 Å². The number of piperazine rings is 1. The van der Waals surface area contributed by atoms with Crippen molar-refractivity contribution in [1.82, 2.24) is 14.8 Å². The molecule has 2 heterocycles. The van der Waals surface area contributed by atoms with E-state index in [1.54, 1.807) is 11.8 Å². The third-order valence-electron chi connectivity index (χ3n) is 4.25. The van der Waals surface area contributed by atoms with E-state index in [-0.39, 0.29) is 11.8 Å². The highest BCUT2D eigenvalue weighted by Gasteiger charge is 2.26. The van der Waals surface area contributed by atoms with Gasteiger partial charge in [-0.3, -0.25) is 9.59 Å². The van der Waals surface area contributed by atoms with E-state index in [9.17, 15) is 9.59 Å². The van der Waals surface area contributed by atoms with E-state index < -0.39 is 0 Å². The summed E-state index contributed by atoms with van der Waals surface area (Å²) in [4.78, 5) is 33.0. The van der Waals surface area contributed by atoms with Crippen LogP contribution in [0.3, 0.4) is 0 Å². The van der Waals surface area contributed by atoms with Crippen LogP contribution >= 0.6 is 11.3 Å². The minimum absolute atomic E-state index is 0.0347. The highest BCUT2D eigenvalue weighted by Crippen LogP contribution is 2.23. The number of benzene rings is 1. The Bertz CT molecular complexity index is 734. The highest BCUT2D eigenvalue weighted by molar-refractivity contribution is 7.13. The van der Waals surface area contributed by atoms with Gasteiger partial charge in [-0.15, -0.1) is 11.3 Å². The first-order valence-corrected chi connectivity index (χ1v) is 8.91. The molecule has 0 bridgehead atoms. The summed E-state index contributed by atoms with van der Waals surface area (Å²) < 4.78 is 0. The van der Waals surface area contributed by atoms with Crippen molar-refractivity contribution in [3.05, 3.63) is 51.5 Å². The molecule has 0 atom stereocenters. The van der Waals surface area contributed by atoms with Crippen LogP contribution in [0, 0.1) is 6.92 Å². The molecule has 1 aromatic carbocycles. The van der Waals surface area contributed by atoms with E-state index in [1.807, 2.05) is 30.0 Å². The molecule has 0 saturated carbocycles. The first kappa shape index (κ1) is 16.6. The zero-order valence-electron chi connectivity index (χ0n) is 14.0. The topological polar surface area (TPSA) is 53.5 Å². The molecule has 1 aliphatic heterocycles. The smallest absolute Gasteiger partial charge is 0.265 e. The number of hydrogen-bond acceptors (Lipinski definition) is 4. The number of thiazole rings is 1. The fourth-order valence-electron chi connectivity index (χ4n) is 2.86. The number of aryl methyl sites for hydroxylation is 1. The van der Waals surface area contributed by atoms with Crippen molar-refractivity contribution >= 4 is 23.2 Å². The Hall–Kier alpha value is -2.21. The summed E-state index contributed by atoms with van der Waals surface area (Å²) in [7, 11) is 0. The van der Waals surface area contributed by atoms with Gasteiger partial charge in [-0.2, -0.15) is 0 Å². The maximum Gasteiger partial charge on any atom is 0.265 e. The van der Waals surface area contributed by atoms with Gasteiger partial charge < -0.3 is 9.80 Å². The lowest BCUT2D eigenvalue weighted by Crippen LogP contribution is -2.50. The largest absolute Gasteiger partial charge is 0.339 e. The van der Waals surface area contributed by atoms with Gasteiger partial charge in [-0.25, -0.2) is 4.98 Å². The molecule has 2 amide bonds. The molecule has 0 spiro atoms. The van der Waals surface area contributed by atoms with Crippen LogP contribution in [0.1, 0.15) is 32.9 Å². The van der Waals surface area contributed by atoms with Crippen molar-refractivity contribution in [2.45, 2.75) is 20.3 Å². The van der Waals surface area contributed by atoms with Crippen LogP contribution in [0.15, 0.2) is 30.3 Å². The van der Waals surface area contributed by atoms with E-state index >= 15 is 0 Å². The summed E-state index contributed by atoms with van der Waals surface area (Å²) in [5.74, 6) is 0.105. The number of carbonyl (C=O) groups excluding carboxylic acids is 2. The van der Waals surface area contributed by atoms with E-state index in [0.29, 0.717) is 26.2 Å². The highest BCUT2D eigenvalue weighted by atomic mass is 32.1.